The van der Waals surface area contributed by atoms with E-state index in [1.54, 1.807) is 24.3 Å². The van der Waals surface area contributed by atoms with Crippen LogP contribution in [0.25, 0.3) is 0 Å². The number of hydrogen-bond acceptors (Lipinski definition) is 5. The number of nitrogens with one attached hydrogen (secondary N) is 1. The maximum atomic E-state index is 11.9. The number of Topliss-reactive ketones (excluding diaryl/α,β-unsaturated/α-hetero) is 1. The molecule has 1 aromatic carbocycles. The van der Waals surface area contributed by atoms with Gasteiger partial charge in [-0.25, -0.2) is 4.79 Å². The number of amides is 3. The number of carbonyl (C=O) groups excluding carboxylic acids is 4. The molecule has 2 rings (SSSR count). The summed E-state index contributed by atoms with van der Waals surface area (Å²) in [6.45, 7) is 2.10. The fourth-order valence-corrected chi connectivity index (χ4v) is 2.27. The van der Waals surface area contributed by atoms with Crippen LogP contribution < -0.4 is 5.32 Å². The number of halogens is 1. The Labute approximate surface area is 141 Å². The SMILES string of the molecule is CC1(C)NC(=O)N(CC(=O)OCC(=O)c2ccc(Br)cc2)C1=O. The first-order valence-electron chi connectivity index (χ1n) is 6.79. The Morgan fingerprint density at radius 3 is 2.35 bits per heavy atom. The Kier molecular flexibility index (Phi) is 4.84. The van der Waals surface area contributed by atoms with E-state index in [-0.39, 0.29) is 5.78 Å². The number of rotatable bonds is 5. The Morgan fingerprint density at radius 2 is 1.83 bits per heavy atom. The van der Waals surface area contributed by atoms with E-state index in [0.717, 1.165) is 9.37 Å². The van der Waals surface area contributed by atoms with E-state index < -0.39 is 36.6 Å². The minimum absolute atomic E-state index is 0.372. The van der Waals surface area contributed by atoms with Gasteiger partial charge in [0.05, 0.1) is 0 Å². The molecule has 0 saturated carbocycles. The number of ketones is 1. The predicted molar refractivity (Wildman–Crippen MR) is 83.8 cm³/mol. The summed E-state index contributed by atoms with van der Waals surface area (Å²) in [5.41, 5.74) is -0.651. The highest BCUT2D eigenvalue weighted by atomic mass is 79.9. The van der Waals surface area contributed by atoms with Crippen LogP contribution in [0.3, 0.4) is 0 Å². The molecule has 1 aromatic rings. The molecule has 1 fully saturated rings. The molecule has 1 aliphatic heterocycles. The maximum absolute atomic E-state index is 11.9. The molecule has 122 valence electrons. The van der Waals surface area contributed by atoms with Gasteiger partial charge in [-0.1, -0.05) is 28.1 Å². The van der Waals surface area contributed by atoms with Crippen molar-refractivity contribution in [2.75, 3.05) is 13.2 Å². The molecule has 0 bridgehead atoms. The quantitative estimate of drug-likeness (QED) is 0.473. The van der Waals surface area contributed by atoms with Crippen molar-refractivity contribution in [1.29, 1.82) is 0 Å². The van der Waals surface area contributed by atoms with E-state index in [1.807, 2.05) is 0 Å². The van der Waals surface area contributed by atoms with E-state index in [0.29, 0.717) is 5.56 Å². The number of ether oxygens (including phenoxy) is 1. The van der Waals surface area contributed by atoms with Crippen molar-refractivity contribution in [3.05, 3.63) is 34.3 Å². The van der Waals surface area contributed by atoms with Crippen LogP contribution in [0.15, 0.2) is 28.7 Å². The molecule has 1 heterocycles. The normalized spacial score (nSPS) is 16.2. The number of nitrogens with zero attached hydrogens (tertiary/aromatic N) is 1. The van der Waals surface area contributed by atoms with Gasteiger partial charge in [-0.05, 0) is 26.0 Å². The topological polar surface area (TPSA) is 92.8 Å². The monoisotopic (exact) mass is 382 g/mol. The van der Waals surface area contributed by atoms with Gasteiger partial charge in [0.2, 0.25) is 0 Å². The fraction of sp³-hybridized carbons (Fsp3) is 0.333. The summed E-state index contributed by atoms with van der Waals surface area (Å²) in [4.78, 5) is 48.0. The fourth-order valence-electron chi connectivity index (χ4n) is 2.00. The van der Waals surface area contributed by atoms with Crippen molar-refractivity contribution in [1.82, 2.24) is 10.2 Å². The Balaban J connectivity index is 1.88. The summed E-state index contributed by atoms with van der Waals surface area (Å²) in [5, 5.41) is 2.45. The number of urea groups is 1. The van der Waals surface area contributed by atoms with Crippen molar-refractivity contribution >= 4 is 39.6 Å². The minimum atomic E-state index is -1.05. The first kappa shape index (κ1) is 17.1. The lowest BCUT2D eigenvalue weighted by atomic mass is 10.1. The molecule has 7 nitrogen and oxygen atoms in total. The molecule has 0 aliphatic carbocycles. The second kappa shape index (κ2) is 6.49. The Hall–Kier alpha value is -2.22. The Bertz CT molecular complexity index is 669. The smallest absolute Gasteiger partial charge is 0.326 e. The number of imide groups is 1. The van der Waals surface area contributed by atoms with Crippen LogP contribution in [0.5, 0.6) is 0 Å². The summed E-state index contributed by atoms with van der Waals surface area (Å²) in [6.07, 6.45) is 0. The molecule has 1 aliphatic rings. The molecule has 0 atom stereocenters. The molecule has 0 aromatic heterocycles. The molecule has 1 N–H and O–H groups in total. The lowest BCUT2D eigenvalue weighted by Crippen LogP contribution is -2.41. The summed E-state index contributed by atoms with van der Waals surface area (Å²) < 4.78 is 5.67. The number of benzene rings is 1. The van der Waals surface area contributed by atoms with E-state index in [2.05, 4.69) is 21.2 Å². The second-order valence-corrected chi connectivity index (χ2v) is 6.45. The van der Waals surface area contributed by atoms with E-state index in [1.165, 1.54) is 13.8 Å². The average molecular weight is 383 g/mol. The average Bonchev–Trinajstić information content (AvgIpc) is 2.67. The van der Waals surface area contributed by atoms with Crippen molar-refractivity contribution < 1.29 is 23.9 Å². The molecular formula is C15H15BrN2O5. The zero-order chi connectivity index (χ0) is 17.2. The first-order chi connectivity index (χ1) is 10.7. The van der Waals surface area contributed by atoms with E-state index in [4.69, 9.17) is 4.74 Å². The molecule has 8 heteroatoms. The van der Waals surface area contributed by atoms with Gasteiger partial charge in [0.25, 0.3) is 5.91 Å². The van der Waals surface area contributed by atoms with Crippen LogP contribution in [0.2, 0.25) is 0 Å². The second-order valence-electron chi connectivity index (χ2n) is 5.54. The standard InChI is InChI=1S/C15H15BrN2O5/c1-15(2)13(21)18(14(22)17-15)7-12(20)23-8-11(19)9-3-5-10(16)6-4-9/h3-6H,7-8H2,1-2H3,(H,17,22). The Morgan fingerprint density at radius 1 is 1.22 bits per heavy atom. The van der Waals surface area contributed by atoms with Crippen molar-refractivity contribution in [3.8, 4) is 0 Å². The molecule has 1 saturated heterocycles. The molecule has 0 radical (unpaired) electrons. The van der Waals surface area contributed by atoms with Crippen LogP contribution in [-0.4, -0.2) is 47.3 Å². The van der Waals surface area contributed by atoms with Crippen LogP contribution in [0.1, 0.15) is 24.2 Å². The van der Waals surface area contributed by atoms with Gasteiger partial charge in [0.1, 0.15) is 12.1 Å². The van der Waals surface area contributed by atoms with Crippen LogP contribution in [-0.2, 0) is 14.3 Å². The minimum Gasteiger partial charge on any atom is -0.456 e. The van der Waals surface area contributed by atoms with Gasteiger partial charge in [-0.3, -0.25) is 19.3 Å². The van der Waals surface area contributed by atoms with E-state index in [9.17, 15) is 19.2 Å². The zero-order valence-corrected chi connectivity index (χ0v) is 14.2. The summed E-state index contributed by atoms with van der Waals surface area (Å²) in [7, 11) is 0. The first-order valence-corrected chi connectivity index (χ1v) is 7.58. The highest BCUT2D eigenvalue weighted by Gasteiger charge is 2.45. The molecule has 0 unspecified atom stereocenters. The van der Waals surface area contributed by atoms with E-state index >= 15 is 0 Å². The van der Waals surface area contributed by atoms with Crippen molar-refractivity contribution in [3.63, 3.8) is 0 Å². The van der Waals surface area contributed by atoms with Crippen LogP contribution >= 0.6 is 15.9 Å². The highest BCUT2D eigenvalue weighted by Crippen LogP contribution is 2.16. The van der Waals surface area contributed by atoms with Gasteiger partial charge in [-0.15, -0.1) is 0 Å². The van der Waals surface area contributed by atoms with Gasteiger partial charge in [0.15, 0.2) is 12.4 Å². The third-order valence-corrected chi connectivity index (χ3v) is 3.79. The van der Waals surface area contributed by atoms with Gasteiger partial charge >= 0.3 is 12.0 Å². The summed E-state index contributed by atoms with van der Waals surface area (Å²) >= 11 is 3.25. The highest BCUT2D eigenvalue weighted by molar-refractivity contribution is 9.10. The van der Waals surface area contributed by atoms with Crippen molar-refractivity contribution in [2.45, 2.75) is 19.4 Å². The number of esters is 1. The van der Waals surface area contributed by atoms with Crippen LogP contribution in [0, 0.1) is 0 Å². The third-order valence-electron chi connectivity index (χ3n) is 3.26. The van der Waals surface area contributed by atoms with Crippen molar-refractivity contribution in [2.24, 2.45) is 0 Å². The molecular weight excluding hydrogens is 368 g/mol. The number of carbonyl (C=O) groups is 4. The van der Waals surface area contributed by atoms with Gasteiger partial charge in [-0.2, -0.15) is 0 Å². The lowest BCUT2D eigenvalue weighted by molar-refractivity contribution is -0.146. The van der Waals surface area contributed by atoms with Gasteiger partial charge in [0, 0.05) is 10.0 Å². The number of hydrogen-bond donors (Lipinski definition) is 1. The largest absolute Gasteiger partial charge is 0.456 e. The molecule has 0 spiro atoms. The van der Waals surface area contributed by atoms with Gasteiger partial charge < -0.3 is 10.1 Å². The van der Waals surface area contributed by atoms with Crippen LogP contribution in [0.4, 0.5) is 4.79 Å². The zero-order valence-electron chi connectivity index (χ0n) is 12.6. The summed E-state index contributed by atoms with van der Waals surface area (Å²) in [5.74, 6) is -1.71. The third kappa shape index (κ3) is 3.95. The lowest BCUT2D eigenvalue weighted by Gasteiger charge is -2.15. The maximum Gasteiger partial charge on any atom is 0.326 e. The molecule has 3 amide bonds. The molecule has 23 heavy (non-hydrogen) atoms. The summed E-state index contributed by atoms with van der Waals surface area (Å²) in [6, 6.07) is 5.94. The predicted octanol–water partition coefficient (Wildman–Crippen LogP) is 1.51.